The van der Waals surface area contributed by atoms with Gasteiger partial charge in [0.2, 0.25) is 5.91 Å². The Morgan fingerprint density at radius 3 is 1.87 bits per heavy atom. The molecule has 1 amide bonds. The van der Waals surface area contributed by atoms with E-state index in [1.807, 2.05) is 27.2 Å². The van der Waals surface area contributed by atoms with E-state index in [1.54, 1.807) is 6.08 Å². The summed E-state index contributed by atoms with van der Waals surface area (Å²) in [7, 11) is 1.53. The Labute approximate surface area is 289 Å². The molecule has 3 N–H and O–H groups in total. The van der Waals surface area contributed by atoms with Crippen molar-refractivity contribution in [1.82, 2.24) is 5.32 Å². The number of carbonyl (C=O) groups excluding carboxylic acids is 1. The van der Waals surface area contributed by atoms with Gasteiger partial charge in [-0.3, -0.25) is 13.8 Å². The van der Waals surface area contributed by atoms with Crippen LogP contribution in [0.4, 0.5) is 0 Å². The van der Waals surface area contributed by atoms with E-state index in [-0.39, 0.29) is 19.1 Å². The highest BCUT2D eigenvalue weighted by Crippen LogP contribution is 2.43. The van der Waals surface area contributed by atoms with Gasteiger partial charge < -0.3 is 19.8 Å². The average molecular weight is 684 g/mol. The minimum atomic E-state index is -4.34. The SMILES string of the molecule is CCCCC/C=C/CC/C=C/C(O)C(COP(=O)(O)OCC[N+](C)(C)C)NC(=O)CCCCCCC/C=C\C/C=C\CCCCCC. The fourth-order valence-corrected chi connectivity index (χ4v) is 5.47. The number of hydrogen-bond donors (Lipinski definition) is 3. The Morgan fingerprint density at radius 2 is 1.23 bits per heavy atom. The second kappa shape index (κ2) is 30.5. The van der Waals surface area contributed by atoms with E-state index in [2.05, 4.69) is 55.6 Å². The Bertz CT molecular complexity index is 912. The van der Waals surface area contributed by atoms with Gasteiger partial charge >= 0.3 is 7.82 Å². The fraction of sp³-hybridized carbons (Fsp3) is 0.763. The number of phosphoric acid groups is 1. The standard InChI is InChI=1S/C38H71N2O6P/c1-6-8-10-12-14-16-17-18-19-20-21-22-24-26-28-30-32-38(42)39-36(35-46-47(43,44)45-34-33-40(3,4)5)37(41)31-29-27-25-23-15-13-11-9-7-2/h15-17,19-20,23,29,31,36-37,41H,6-14,18,21-22,24-28,30,32-35H2,1-5H3,(H-,39,42,43,44)/p+1/b17-16-,20-19-,23-15+,31-29+. The van der Waals surface area contributed by atoms with Gasteiger partial charge in [0.15, 0.2) is 0 Å². The zero-order valence-electron chi connectivity index (χ0n) is 30.8. The van der Waals surface area contributed by atoms with Crippen LogP contribution in [-0.4, -0.2) is 73.4 Å². The summed E-state index contributed by atoms with van der Waals surface area (Å²) >= 11 is 0. The molecule has 9 heteroatoms. The summed E-state index contributed by atoms with van der Waals surface area (Å²) in [4.78, 5) is 22.9. The Morgan fingerprint density at radius 1 is 0.723 bits per heavy atom. The number of allylic oxidation sites excluding steroid dienone is 7. The van der Waals surface area contributed by atoms with E-state index < -0.39 is 20.0 Å². The number of nitrogens with zero attached hydrogens (tertiary/aromatic N) is 1. The summed E-state index contributed by atoms with van der Waals surface area (Å²) in [6, 6.07) is -0.867. The number of quaternary nitrogens is 1. The zero-order valence-corrected chi connectivity index (χ0v) is 31.6. The van der Waals surface area contributed by atoms with Crippen molar-refractivity contribution in [3.63, 3.8) is 0 Å². The molecule has 8 nitrogen and oxygen atoms in total. The van der Waals surface area contributed by atoms with Crippen LogP contribution in [0, 0.1) is 0 Å². The normalized spacial score (nSPS) is 15.3. The van der Waals surface area contributed by atoms with Crippen molar-refractivity contribution in [3.05, 3.63) is 48.6 Å². The minimum Gasteiger partial charge on any atom is -0.387 e. The van der Waals surface area contributed by atoms with Gasteiger partial charge in [-0.15, -0.1) is 0 Å². The van der Waals surface area contributed by atoms with Crippen LogP contribution in [0.5, 0.6) is 0 Å². The van der Waals surface area contributed by atoms with E-state index in [4.69, 9.17) is 9.05 Å². The van der Waals surface area contributed by atoms with Crippen LogP contribution < -0.4 is 5.32 Å². The Balaban J connectivity index is 4.56. The maximum Gasteiger partial charge on any atom is 0.472 e. The smallest absolute Gasteiger partial charge is 0.387 e. The van der Waals surface area contributed by atoms with E-state index in [0.29, 0.717) is 17.4 Å². The lowest BCUT2D eigenvalue weighted by Crippen LogP contribution is -2.45. The highest BCUT2D eigenvalue weighted by Gasteiger charge is 2.27. The topological polar surface area (TPSA) is 105 Å². The van der Waals surface area contributed by atoms with Gasteiger partial charge in [0.25, 0.3) is 0 Å². The molecule has 0 aliphatic carbocycles. The summed E-state index contributed by atoms with van der Waals surface area (Å²) < 4.78 is 23.3. The van der Waals surface area contributed by atoms with Crippen molar-refractivity contribution in [2.75, 3.05) is 40.9 Å². The number of likely N-dealkylation sites (N-methyl/N-ethyl adjacent to an activating group) is 1. The van der Waals surface area contributed by atoms with Gasteiger partial charge in [-0.05, 0) is 64.2 Å². The molecule has 0 aromatic carbocycles. The quantitative estimate of drug-likeness (QED) is 0.0283. The molecule has 0 aromatic rings. The van der Waals surface area contributed by atoms with Gasteiger partial charge in [-0.25, -0.2) is 4.57 Å². The van der Waals surface area contributed by atoms with Crippen LogP contribution in [0.1, 0.15) is 136 Å². The van der Waals surface area contributed by atoms with Crippen LogP contribution in [0.3, 0.4) is 0 Å². The van der Waals surface area contributed by atoms with Crippen molar-refractivity contribution in [2.24, 2.45) is 0 Å². The largest absolute Gasteiger partial charge is 0.472 e. The van der Waals surface area contributed by atoms with Crippen LogP contribution in [0.25, 0.3) is 0 Å². The number of rotatable bonds is 32. The lowest BCUT2D eigenvalue weighted by Gasteiger charge is -2.25. The van der Waals surface area contributed by atoms with Gasteiger partial charge in [-0.1, -0.05) is 114 Å². The first-order chi connectivity index (χ1) is 22.5. The monoisotopic (exact) mass is 684 g/mol. The van der Waals surface area contributed by atoms with Gasteiger partial charge in [-0.2, -0.15) is 0 Å². The highest BCUT2D eigenvalue weighted by molar-refractivity contribution is 7.47. The van der Waals surface area contributed by atoms with Gasteiger partial charge in [0.1, 0.15) is 13.2 Å². The lowest BCUT2D eigenvalue weighted by molar-refractivity contribution is -0.870. The molecule has 0 radical (unpaired) electrons. The third kappa shape index (κ3) is 32.8. The molecular weight excluding hydrogens is 611 g/mol. The number of amides is 1. The number of carbonyl (C=O) groups is 1. The van der Waals surface area contributed by atoms with Crippen LogP contribution in [-0.2, 0) is 18.4 Å². The van der Waals surface area contributed by atoms with E-state index in [0.717, 1.165) is 64.2 Å². The third-order valence-corrected chi connectivity index (χ3v) is 8.76. The summed E-state index contributed by atoms with van der Waals surface area (Å²) in [5.41, 5.74) is 0. The Hall–Kier alpha value is -1.54. The molecule has 274 valence electrons. The predicted octanol–water partition coefficient (Wildman–Crippen LogP) is 9.35. The van der Waals surface area contributed by atoms with E-state index in [1.165, 1.54) is 51.4 Å². The van der Waals surface area contributed by atoms with Gasteiger partial charge in [0, 0.05) is 6.42 Å². The summed E-state index contributed by atoms with van der Waals surface area (Å²) in [6.07, 6.45) is 36.1. The van der Waals surface area contributed by atoms with Crippen molar-refractivity contribution in [3.8, 4) is 0 Å². The van der Waals surface area contributed by atoms with Gasteiger partial charge in [0.05, 0.1) is 39.9 Å². The molecule has 3 atom stereocenters. The first-order valence-electron chi connectivity index (χ1n) is 18.5. The second-order valence-electron chi connectivity index (χ2n) is 13.6. The van der Waals surface area contributed by atoms with Crippen molar-refractivity contribution in [2.45, 2.75) is 148 Å². The molecular formula is C38H72N2O6P+. The summed E-state index contributed by atoms with van der Waals surface area (Å²) in [5, 5.41) is 13.6. The number of aliphatic hydroxyl groups excluding tert-OH is 1. The molecule has 0 heterocycles. The first-order valence-corrected chi connectivity index (χ1v) is 20.0. The third-order valence-electron chi connectivity index (χ3n) is 7.77. The summed E-state index contributed by atoms with van der Waals surface area (Å²) in [5.74, 6) is -0.207. The molecule has 0 saturated carbocycles. The lowest BCUT2D eigenvalue weighted by atomic mass is 10.1. The molecule has 0 rings (SSSR count). The minimum absolute atomic E-state index is 0.0512. The number of nitrogens with one attached hydrogen (secondary N) is 1. The van der Waals surface area contributed by atoms with Crippen LogP contribution >= 0.6 is 7.82 Å². The number of phosphoric ester groups is 1. The van der Waals surface area contributed by atoms with E-state index in [9.17, 15) is 19.4 Å². The zero-order chi connectivity index (χ0) is 35.1. The molecule has 0 saturated heterocycles. The second-order valence-corrected chi connectivity index (χ2v) is 15.0. The molecule has 3 unspecified atom stereocenters. The maximum absolute atomic E-state index is 12.7. The predicted molar refractivity (Wildman–Crippen MR) is 198 cm³/mol. The molecule has 0 spiro atoms. The summed E-state index contributed by atoms with van der Waals surface area (Å²) in [6.45, 7) is 4.67. The van der Waals surface area contributed by atoms with Crippen LogP contribution in [0.2, 0.25) is 0 Å². The number of hydrogen-bond acceptors (Lipinski definition) is 5. The molecule has 0 fully saturated rings. The van der Waals surface area contributed by atoms with Crippen molar-refractivity contribution >= 4 is 13.7 Å². The number of aliphatic hydroxyl groups is 1. The average Bonchev–Trinajstić information content (AvgIpc) is 3.01. The molecule has 47 heavy (non-hydrogen) atoms. The fourth-order valence-electron chi connectivity index (χ4n) is 4.73. The van der Waals surface area contributed by atoms with Crippen molar-refractivity contribution < 1.29 is 32.9 Å². The molecule has 0 aliphatic rings. The highest BCUT2D eigenvalue weighted by atomic mass is 31.2. The molecule has 0 bridgehead atoms. The van der Waals surface area contributed by atoms with Crippen molar-refractivity contribution in [1.29, 1.82) is 0 Å². The number of unbranched alkanes of at least 4 members (excludes halogenated alkanes) is 13. The van der Waals surface area contributed by atoms with E-state index >= 15 is 0 Å². The Kier molecular flexibility index (Phi) is 29.5. The molecule has 0 aliphatic heterocycles. The first kappa shape index (κ1) is 45.5. The van der Waals surface area contributed by atoms with Crippen LogP contribution in [0.15, 0.2) is 48.6 Å². The molecule has 0 aromatic heterocycles. The maximum atomic E-state index is 12.7.